The lowest BCUT2D eigenvalue weighted by Gasteiger charge is -2.36. The van der Waals surface area contributed by atoms with Gasteiger partial charge in [0.05, 0.1) is 0 Å². The molecule has 1 unspecified atom stereocenters. The van der Waals surface area contributed by atoms with Gasteiger partial charge >= 0.3 is 0 Å². The van der Waals surface area contributed by atoms with Crippen LogP contribution in [0.3, 0.4) is 0 Å². The van der Waals surface area contributed by atoms with E-state index in [1.807, 2.05) is 18.7 Å². The molecule has 1 atom stereocenters. The van der Waals surface area contributed by atoms with Crippen molar-refractivity contribution in [2.24, 2.45) is 0 Å². The molecule has 1 rings (SSSR count). The molecule has 63 valence electrons. The fraction of sp³-hybridized carbons (Fsp3) is 0.778. The SMILES string of the molecule is [CH2]C1CCCC(=O)N1C(C)C. The summed E-state index contributed by atoms with van der Waals surface area (Å²) in [7, 11) is 0. The molecule has 2 nitrogen and oxygen atoms in total. The number of rotatable bonds is 1. The van der Waals surface area contributed by atoms with E-state index in [-0.39, 0.29) is 11.9 Å². The minimum atomic E-state index is 0.205. The summed E-state index contributed by atoms with van der Waals surface area (Å²) in [6.07, 6.45) is 2.78. The van der Waals surface area contributed by atoms with Crippen LogP contribution in [0.4, 0.5) is 0 Å². The second kappa shape index (κ2) is 3.24. The molecule has 1 aliphatic rings. The molecule has 0 aromatic carbocycles. The number of piperidine rings is 1. The Balaban J connectivity index is 2.63. The number of amides is 1. The smallest absolute Gasteiger partial charge is 0.223 e. The molecule has 0 bridgehead atoms. The molecule has 1 saturated heterocycles. The predicted molar refractivity (Wildman–Crippen MR) is 45.0 cm³/mol. The van der Waals surface area contributed by atoms with Crippen molar-refractivity contribution in [3.8, 4) is 0 Å². The molecular weight excluding hydrogens is 138 g/mol. The zero-order valence-corrected chi connectivity index (χ0v) is 7.34. The highest BCUT2D eigenvalue weighted by Crippen LogP contribution is 2.19. The van der Waals surface area contributed by atoms with E-state index in [4.69, 9.17) is 0 Å². The maximum absolute atomic E-state index is 11.3. The summed E-state index contributed by atoms with van der Waals surface area (Å²) in [6.45, 7) is 8.04. The van der Waals surface area contributed by atoms with Gasteiger partial charge in [-0.1, -0.05) is 0 Å². The third-order valence-electron chi connectivity index (χ3n) is 2.17. The van der Waals surface area contributed by atoms with Crippen LogP contribution in [0, 0.1) is 6.92 Å². The van der Waals surface area contributed by atoms with Crippen molar-refractivity contribution in [2.45, 2.75) is 45.2 Å². The standard InChI is InChI=1S/C9H16NO/c1-7(2)10-8(3)5-4-6-9(10)11/h7-8H,3-6H2,1-2H3. The average molecular weight is 154 g/mol. The van der Waals surface area contributed by atoms with Gasteiger partial charge in [-0.05, 0) is 33.6 Å². The Bertz CT molecular complexity index is 154. The molecule has 0 N–H and O–H groups in total. The van der Waals surface area contributed by atoms with Crippen molar-refractivity contribution in [2.75, 3.05) is 0 Å². The van der Waals surface area contributed by atoms with E-state index < -0.39 is 0 Å². The first-order valence-electron chi connectivity index (χ1n) is 4.27. The Morgan fingerprint density at radius 3 is 2.64 bits per heavy atom. The minimum absolute atomic E-state index is 0.205. The predicted octanol–water partition coefficient (Wildman–Crippen LogP) is 1.61. The third-order valence-corrected chi connectivity index (χ3v) is 2.17. The first-order chi connectivity index (χ1) is 5.13. The molecule has 2 heteroatoms. The molecule has 11 heavy (non-hydrogen) atoms. The Morgan fingerprint density at radius 2 is 2.27 bits per heavy atom. The summed E-state index contributed by atoms with van der Waals surface area (Å²) in [6, 6.07) is 0.515. The first-order valence-corrected chi connectivity index (χ1v) is 4.27. The van der Waals surface area contributed by atoms with Crippen molar-refractivity contribution < 1.29 is 4.79 Å². The zero-order valence-electron chi connectivity index (χ0n) is 7.34. The van der Waals surface area contributed by atoms with Gasteiger partial charge in [-0.2, -0.15) is 0 Å². The second-order valence-corrected chi connectivity index (χ2v) is 3.44. The lowest BCUT2D eigenvalue weighted by atomic mass is 10.0. The summed E-state index contributed by atoms with van der Waals surface area (Å²) in [5, 5.41) is 0. The van der Waals surface area contributed by atoms with Crippen LogP contribution in [-0.4, -0.2) is 22.9 Å². The summed E-state index contributed by atoms with van der Waals surface area (Å²) in [5.41, 5.74) is 0. The van der Waals surface area contributed by atoms with E-state index in [1.165, 1.54) is 0 Å². The van der Waals surface area contributed by atoms with Crippen molar-refractivity contribution in [1.82, 2.24) is 4.90 Å². The number of likely N-dealkylation sites (tertiary alicyclic amines) is 1. The molecule has 1 radical (unpaired) electrons. The van der Waals surface area contributed by atoms with Crippen LogP contribution in [0.1, 0.15) is 33.1 Å². The van der Waals surface area contributed by atoms with Crippen LogP contribution < -0.4 is 0 Å². The van der Waals surface area contributed by atoms with Gasteiger partial charge in [0, 0.05) is 18.5 Å². The molecule has 1 fully saturated rings. The number of hydrogen-bond acceptors (Lipinski definition) is 1. The minimum Gasteiger partial charge on any atom is -0.337 e. The van der Waals surface area contributed by atoms with Crippen LogP contribution in [0.2, 0.25) is 0 Å². The lowest BCUT2D eigenvalue weighted by Crippen LogP contribution is -2.46. The molecule has 0 spiro atoms. The van der Waals surface area contributed by atoms with Gasteiger partial charge in [-0.15, -0.1) is 0 Å². The van der Waals surface area contributed by atoms with Gasteiger partial charge in [0.25, 0.3) is 0 Å². The van der Waals surface area contributed by atoms with Gasteiger partial charge in [-0.3, -0.25) is 4.79 Å². The molecule has 0 saturated carbocycles. The van der Waals surface area contributed by atoms with E-state index in [0.717, 1.165) is 12.8 Å². The number of carbonyl (C=O) groups is 1. The van der Waals surface area contributed by atoms with E-state index in [9.17, 15) is 4.79 Å². The number of nitrogens with zero attached hydrogens (tertiary/aromatic N) is 1. The largest absolute Gasteiger partial charge is 0.337 e. The van der Waals surface area contributed by atoms with Gasteiger partial charge in [-0.25, -0.2) is 0 Å². The van der Waals surface area contributed by atoms with Crippen LogP contribution >= 0.6 is 0 Å². The highest BCUT2D eigenvalue weighted by atomic mass is 16.2. The maximum atomic E-state index is 11.3. The van der Waals surface area contributed by atoms with Gasteiger partial charge in [0.1, 0.15) is 0 Å². The molecular formula is C9H16NO. The summed E-state index contributed by atoms with van der Waals surface area (Å²) < 4.78 is 0. The average Bonchev–Trinajstić information content (AvgIpc) is 1.85. The van der Waals surface area contributed by atoms with Crippen LogP contribution in [0.5, 0.6) is 0 Å². The monoisotopic (exact) mass is 154 g/mol. The normalized spacial score (nSPS) is 26.4. The summed E-state index contributed by atoms with van der Waals surface area (Å²) >= 11 is 0. The van der Waals surface area contributed by atoms with Crippen LogP contribution in [0.25, 0.3) is 0 Å². The van der Waals surface area contributed by atoms with E-state index >= 15 is 0 Å². The van der Waals surface area contributed by atoms with E-state index in [2.05, 4.69) is 6.92 Å². The number of carbonyl (C=O) groups excluding carboxylic acids is 1. The molecule has 0 aromatic rings. The molecule has 1 aliphatic heterocycles. The van der Waals surface area contributed by atoms with Gasteiger partial charge < -0.3 is 4.90 Å². The maximum Gasteiger partial charge on any atom is 0.223 e. The third kappa shape index (κ3) is 1.73. The zero-order chi connectivity index (χ0) is 8.43. The Hall–Kier alpha value is -0.530. The molecule has 0 aliphatic carbocycles. The quantitative estimate of drug-likeness (QED) is 0.562. The fourth-order valence-corrected chi connectivity index (χ4v) is 1.67. The van der Waals surface area contributed by atoms with Gasteiger partial charge in [0.15, 0.2) is 0 Å². The van der Waals surface area contributed by atoms with Crippen molar-refractivity contribution in [3.63, 3.8) is 0 Å². The fourth-order valence-electron chi connectivity index (χ4n) is 1.67. The van der Waals surface area contributed by atoms with Crippen molar-refractivity contribution in [1.29, 1.82) is 0 Å². The number of hydrogen-bond donors (Lipinski definition) is 0. The molecule has 0 aromatic heterocycles. The Kier molecular flexibility index (Phi) is 2.53. The van der Waals surface area contributed by atoms with E-state index in [1.54, 1.807) is 0 Å². The van der Waals surface area contributed by atoms with Gasteiger partial charge in [0.2, 0.25) is 5.91 Å². The van der Waals surface area contributed by atoms with Crippen molar-refractivity contribution >= 4 is 5.91 Å². The second-order valence-electron chi connectivity index (χ2n) is 3.44. The van der Waals surface area contributed by atoms with Crippen LogP contribution in [-0.2, 0) is 4.79 Å². The molecule has 1 amide bonds. The van der Waals surface area contributed by atoms with Crippen LogP contribution in [0.15, 0.2) is 0 Å². The Labute approximate surface area is 68.6 Å². The summed E-state index contributed by atoms with van der Waals surface area (Å²) in [4.78, 5) is 13.2. The van der Waals surface area contributed by atoms with E-state index in [0.29, 0.717) is 12.5 Å². The first kappa shape index (κ1) is 8.57. The lowest BCUT2D eigenvalue weighted by molar-refractivity contribution is -0.137. The topological polar surface area (TPSA) is 20.3 Å². The highest BCUT2D eigenvalue weighted by Gasteiger charge is 2.26. The Morgan fingerprint density at radius 1 is 1.64 bits per heavy atom. The molecule has 1 heterocycles. The summed E-state index contributed by atoms with van der Waals surface area (Å²) in [5.74, 6) is 0.270. The van der Waals surface area contributed by atoms with Crippen molar-refractivity contribution in [3.05, 3.63) is 6.92 Å². The highest BCUT2D eigenvalue weighted by molar-refractivity contribution is 5.77.